The molecule has 28 heavy (non-hydrogen) atoms. The van der Waals surface area contributed by atoms with Gasteiger partial charge in [-0.1, -0.05) is 24.3 Å². The third-order valence-electron chi connectivity index (χ3n) is 4.27. The van der Waals surface area contributed by atoms with Gasteiger partial charge in [0.05, 0.1) is 25.5 Å². The number of ether oxygens (including phenoxy) is 2. The lowest BCUT2D eigenvalue weighted by atomic mass is 10.2. The van der Waals surface area contributed by atoms with Crippen molar-refractivity contribution in [3.63, 3.8) is 0 Å². The molecule has 6 heteroatoms. The van der Waals surface area contributed by atoms with Crippen molar-refractivity contribution in [2.24, 2.45) is 0 Å². The van der Waals surface area contributed by atoms with Gasteiger partial charge in [-0.3, -0.25) is 9.78 Å². The number of nitrogens with zero attached hydrogens (tertiary/aromatic N) is 1. The Balaban J connectivity index is 1.55. The first-order valence-electron chi connectivity index (χ1n) is 8.91. The van der Waals surface area contributed by atoms with Crippen LogP contribution in [0.15, 0.2) is 67.0 Å². The van der Waals surface area contributed by atoms with Crippen LogP contribution in [0.1, 0.15) is 21.5 Å². The van der Waals surface area contributed by atoms with E-state index >= 15 is 0 Å². The van der Waals surface area contributed by atoms with Crippen LogP contribution in [0.2, 0.25) is 0 Å². The van der Waals surface area contributed by atoms with Gasteiger partial charge in [-0.2, -0.15) is 0 Å². The summed E-state index contributed by atoms with van der Waals surface area (Å²) in [6.45, 7) is 1.06. The van der Waals surface area contributed by atoms with Crippen LogP contribution in [0.25, 0.3) is 0 Å². The summed E-state index contributed by atoms with van der Waals surface area (Å²) in [5.41, 5.74) is 3.40. The first-order chi connectivity index (χ1) is 13.7. The smallest absolute Gasteiger partial charge is 0.253 e. The van der Waals surface area contributed by atoms with Crippen molar-refractivity contribution in [3.05, 3.63) is 83.7 Å². The average Bonchev–Trinajstić information content (AvgIpc) is 2.77. The van der Waals surface area contributed by atoms with Crippen molar-refractivity contribution in [2.45, 2.75) is 13.1 Å². The Hall–Kier alpha value is -3.54. The predicted molar refractivity (Wildman–Crippen MR) is 109 cm³/mol. The molecular weight excluding hydrogens is 354 g/mol. The van der Waals surface area contributed by atoms with Crippen LogP contribution in [0.3, 0.4) is 0 Å². The lowest BCUT2D eigenvalue weighted by molar-refractivity contribution is 0.0950. The van der Waals surface area contributed by atoms with Crippen molar-refractivity contribution >= 4 is 11.6 Å². The van der Waals surface area contributed by atoms with E-state index in [1.807, 2.05) is 48.5 Å². The van der Waals surface area contributed by atoms with Gasteiger partial charge in [0.2, 0.25) is 0 Å². The molecule has 144 valence electrons. The van der Waals surface area contributed by atoms with Gasteiger partial charge in [-0.15, -0.1) is 0 Å². The molecule has 0 saturated carbocycles. The quantitative estimate of drug-likeness (QED) is 0.627. The van der Waals surface area contributed by atoms with Gasteiger partial charge in [0.15, 0.2) is 0 Å². The van der Waals surface area contributed by atoms with Crippen LogP contribution >= 0.6 is 0 Å². The van der Waals surface area contributed by atoms with Crippen LogP contribution in [-0.2, 0) is 13.1 Å². The van der Waals surface area contributed by atoms with Gasteiger partial charge in [0.25, 0.3) is 5.91 Å². The Morgan fingerprint density at radius 3 is 2.00 bits per heavy atom. The predicted octanol–water partition coefficient (Wildman–Crippen LogP) is 3.64. The van der Waals surface area contributed by atoms with Crippen molar-refractivity contribution in [1.29, 1.82) is 0 Å². The number of rotatable bonds is 8. The molecule has 2 aromatic carbocycles. The minimum Gasteiger partial charge on any atom is -0.497 e. The van der Waals surface area contributed by atoms with Gasteiger partial charge < -0.3 is 20.1 Å². The molecule has 1 aromatic heterocycles. The summed E-state index contributed by atoms with van der Waals surface area (Å²) in [5.74, 6) is 1.44. The highest BCUT2D eigenvalue weighted by atomic mass is 16.5. The number of carbonyl (C=O) groups is 1. The minimum absolute atomic E-state index is 0.170. The van der Waals surface area contributed by atoms with E-state index in [9.17, 15) is 4.79 Å². The molecule has 0 radical (unpaired) electrons. The normalized spacial score (nSPS) is 10.2. The molecule has 3 rings (SSSR count). The molecule has 0 unspecified atom stereocenters. The molecule has 0 atom stereocenters. The summed E-state index contributed by atoms with van der Waals surface area (Å²) in [7, 11) is 3.27. The molecule has 0 saturated heterocycles. The van der Waals surface area contributed by atoms with Crippen molar-refractivity contribution in [1.82, 2.24) is 10.3 Å². The fourth-order valence-electron chi connectivity index (χ4n) is 2.64. The van der Waals surface area contributed by atoms with Crippen LogP contribution < -0.4 is 20.1 Å². The SMILES string of the molecule is COc1ccc(CNC(=O)c2cncc(NCc3ccc(OC)cc3)c2)cc1. The second kappa shape index (κ2) is 9.41. The fraction of sp³-hybridized carbons (Fsp3) is 0.182. The molecule has 2 N–H and O–H groups in total. The van der Waals surface area contributed by atoms with Gasteiger partial charge >= 0.3 is 0 Å². The number of pyridine rings is 1. The van der Waals surface area contributed by atoms with E-state index in [-0.39, 0.29) is 5.91 Å². The second-order valence-electron chi connectivity index (χ2n) is 6.19. The standard InChI is InChI=1S/C22H23N3O3/c1-27-20-7-3-16(4-8-20)12-24-19-11-18(14-23-15-19)22(26)25-13-17-5-9-21(28-2)10-6-17/h3-11,14-15,24H,12-13H2,1-2H3,(H,25,26). The van der Waals surface area contributed by atoms with E-state index in [4.69, 9.17) is 9.47 Å². The average molecular weight is 377 g/mol. The third-order valence-corrected chi connectivity index (χ3v) is 4.27. The molecule has 0 aliphatic heterocycles. The Morgan fingerprint density at radius 2 is 1.43 bits per heavy atom. The van der Waals surface area contributed by atoms with Crippen molar-refractivity contribution < 1.29 is 14.3 Å². The molecule has 0 fully saturated rings. The van der Waals surface area contributed by atoms with E-state index in [1.54, 1.807) is 32.7 Å². The molecule has 1 amide bonds. The topological polar surface area (TPSA) is 72.5 Å². The fourth-order valence-corrected chi connectivity index (χ4v) is 2.64. The number of methoxy groups -OCH3 is 2. The van der Waals surface area contributed by atoms with Gasteiger partial charge in [0.1, 0.15) is 11.5 Å². The van der Waals surface area contributed by atoms with Gasteiger partial charge in [0, 0.05) is 25.5 Å². The van der Waals surface area contributed by atoms with Crippen LogP contribution in [-0.4, -0.2) is 25.1 Å². The van der Waals surface area contributed by atoms with Crippen molar-refractivity contribution in [3.8, 4) is 11.5 Å². The van der Waals surface area contributed by atoms with E-state index in [1.165, 1.54) is 0 Å². The Morgan fingerprint density at radius 1 is 0.857 bits per heavy atom. The largest absolute Gasteiger partial charge is 0.497 e. The number of hydrogen-bond donors (Lipinski definition) is 2. The molecule has 0 aliphatic carbocycles. The molecule has 0 aliphatic rings. The number of carbonyl (C=O) groups excluding carboxylic acids is 1. The first kappa shape index (κ1) is 19.2. The number of nitrogens with one attached hydrogen (secondary N) is 2. The number of anilines is 1. The van der Waals surface area contributed by atoms with E-state index in [0.29, 0.717) is 18.7 Å². The summed E-state index contributed by atoms with van der Waals surface area (Å²) in [5, 5.41) is 6.19. The Labute approximate surface area is 164 Å². The Kier molecular flexibility index (Phi) is 6.46. The second-order valence-corrected chi connectivity index (χ2v) is 6.19. The highest BCUT2D eigenvalue weighted by Crippen LogP contribution is 2.15. The molecule has 1 heterocycles. The zero-order valence-electron chi connectivity index (χ0n) is 15.9. The molecule has 0 bridgehead atoms. The zero-order valence-corrected chi connectivity index (χ0v) is 15.9. The van der Waals surface area contributed by atoms with Gasteiger partial charge in [-0.25, -0.2) is 0 Å². The number of hydrogen-bond acceptors (Lipinski definition) is 5. The van der Waals surface area contributed by atoms with E-state index in [0.717, 1.165) is 28.3 Å². The summed E-state index contributed by atoms with van der Waals surface area (Å²) >= 11 is 0. The maximum absolute atomic E-state index is 12.4. The highest BCUT2D eigenvalue weighted by molar-refractivity contribution is 5.94. The van der Waals surface area contributed by atoms with Crippen LogP contribution in [0.5, 0.6) is 11.5 Å². The lowest BCUT2D eigenvalue weighted by Crippen LogP contribution is -2.23. The lowest BCUT2D eigenvalue weighted by Gasteiger charge is -2.09. The van der Waals surface area contributed by atoms with E-state index in [2.05, 4.69) is 15.6 Å². The molecule has 6 nitrogen and oxygen atoms in total. The van der Waals surface area contributed by atoms with Crippen LogP contribution in [0.4, 0.5) is 5.69 Å². The maximum Gasteiger partial charge on any atom is 0.253 e. The van der Waals surface area contributed by atoms with Crippen LogP contribution in [0, 0.1) is 0 Å². The maximum atomic E-state index is 12.4. The minimum atomic E-state index is -0.170. The van der Waals surface area contributed by atoms with Gasteiger partial charge in [-0.05, 0) is 41.5 Å². The first-order valence-corrected chi connectivity index (χ1v) is 8.91. The summed E-state index contributed by atoms with van der Waals surface area (Å²) in [4.78, 5) is 16.6. The zero-order chi connectivity index (χ0) is 19.8. The third kappa shape index (κ3) is 5.23. The molecular formula is C22H23N3O3. The van der Waals surface area contributed by atoms with E-state index < -0.39 is 0 Å². The monoisotopic (exact) mass is 377 g/mol. The van der Waals surface area contributed by atoms with Crippen molar-refractivity contribution in [2.75, 3.05) is 19.5 Å². The highest BCUT2D eigenvalue weighted by Gasteiger charge is 2.07. The molecule has 0 spiro atoms. The Bertz CT molecular complexity index is 909. The molecule has 3 aromatic rings. The summed E-state index contributed by atoms with van der Waals surface area (Å²) in [6.07, 6.45) is 3.26. The number of aromatic nitrogens is 1. The summed E-state index contributed by atoms with van der Waals surface area (Å²) in [6, 6.07) is 17.2. The number of amides is 1. The number of benzene rings is 2. The summed E-state index contributed by atoms with van der Waals surface area (Å²) < 4.78 is 10.3.